The fraction of sp³-hybridized carbons (Fsp3) is 1.00. The van der Waals surface area contributed by atoms with Crippen molar-refractivity contribution >= 4 is 34.7 Å². The monoisotopic (exact) mass is 442 g/mol. The van der Waals surface area contributed by atoms with E-state index < -0.39 is 34.7 Å². The Kier molecular flexibility index (Phi) is 8.85. The topological polar surface area (TPSA) is 61.9 Å². The van der Waals surface area contributed by atoms with Crippen LogP contribution in [-0.4, -0.2) is 71.0 Å². The Morgan fingerprint density at radius 3 is 1.08 bits per heavy atom. The average molecular weight is 443 g/mol. The lowest BCUT2D eigenvalue weighted by molar-refractivity contribution is -0.199. The van der Waals surface area contributed by atoms with Crippen molar-refractivity contribution in [3.63, 3.8) is 0 Å². The summed E-state index contributed by atoms with van der Waals surface area (Å²) in [6.45, 7) is 23.0. The minimum absolute atomic E-state index is 0.700. The van der Waals surface area contributed by atoms with Crippen LogP contribution in [0.2, 0.25) is 39.3 Å². The first kappa shape index (κ1) is 24.6. The molecule has 0 radical (unpaired) electrons. The van der Waals surface area contributed by atoms with Gasteiger partial charge in [0.25, 0.3) is 0 Å². The molecule has 0 N–H and O–H groups in total. The van der Waals surface area contributed by atoms with Crippen LogP contribution in [0.25, 0.3) is 0 Å². The van der Waals surface area contributed by atoms with Crippen molar-refractivity contribution in [2.24, 2.45) is 0 Å². The van der Waals surface area contributed by atoms with Crippen LogP contribution in [0.1, 0.15) is 27.7 Å². The highest BCUT2D eigenvalue weighted by Crippen LogP contribution is 2.32. The lowest BCUT2D eigenvalue weighted by Gasteiger charge is -2.47. The fourth-order valence-corrected chi connectivity index (χ4v) is 21.2. The van der Waals surface area contributed by atoms with Crippen molar-refractivity contribution in [1.29, 1.82) is 0 Å². The van der Waals surface area contributed by atoms with Crippen LogP contribution in [0, 0.1) is 0 Å². The van der Waals surface area contributed by atoms with Gasteiger partial charge in [-0.2, -0.15) is 10.1 Å². The first-order chi connectivity index (χ1) is 11.8. The van der Waals surface area contributed by atoms with Gasteiger partial charge < -0.3 is 16.5 Å². The summed E-state index contributed by atoms with van der Waals surface area (Å²) in [5.41, 5.74) is 0. The van der Waals surface area contributed by atoms with Gasteiger partial charge in [0.2, 0.25) is 0 Å². The maximum absolute atomic E-state index is 6.50. The van der Waals surface area contributed by atoms with Gasteiger partial charge in [-0.05, 0) is 39.3 Å². The third kappa shape index (κ3) is 7.52. The summed E-state index contributed by atoms with van der Waals surface area (Å²) in [5.74, 6) is 0. The molecule has 0 aliphatic carbocycles. The number of hydrogen-bond acceptors (Lipinski definition) is 8. The minimum atomic E-state index is -3.56. The molecule has 0 unspecified atom stereocenters. The number of hydroxylamine groups is 4. The summed E-state index contributed by atoms with van der Waals surface area (Å²) < 4.78 is 38.3. The molecule has 0 aromatic heterocycles. The van der Waals surface area contributed by atoms with E-state index in [2.05, 4.69) is 0 Å². The quantitative estimate of drug-likeness (QED) is 0.420. The second kappa shape index (κ2) is 9.36. The normalized spacial score (nSPS) is 24.5. The molecule has 0 bridgehead atoms. The molecule has 1 saturated heterocycles. The van der Waals surface area contributed by atoms with Crippen LogP contribution >= 0.6 is 0 Å². The van der Waals surface area contributed by atoms with E-state index in [-0.39, 0.29) is 0 Å². The Morgan fingerprint density at radius 2 is 0.808 bits per heavy atom. The van der Waals surface area contributed by atoms with Gasteiger partial charge in [-0.1, -0.05) is 27.7 Å². The molecule has 0 atom stereocenters. The van der Waals surface area contributed by atoms with Crippen molar-refractivity contribution in [1.82, 2.24) is 10.1 Å². The minimum Gasteiger partial charge on any atom is -0.416 e. The molecule has 0 saturated carbocycles. The van der Waals surface area contributed by atoms with Crippen molar-refractivity contribution in [3.8, 4) is 0 Å². The van der Waals surface area contributed by atoms with Gasteiger partial charge in [0, 0.05) is 26.2 Å². The zero-order valence-electron chi connectivity index (χ0n) is 18.2. The lowest BCUT2D eigenvalue weighted by atomic mass is 10.6. The van der Waals surface area contributed by atoms with Gasteiger partial charge in [0.05, 0.1) is 0 Å². The highest BCUT2D eigenvalue weighted by Gasteiger charge is 2.61. The van der Waals surface area contributed by atoms with Gasteiger partial charge in [0.15, 0.2) is 0 Å². The van der Waals surface area contributed by atoms with Crippen molar-refractivity contribution in [2.75, 3.05) is 26.2 Å². The Hall–Kier alpha value is 0.548. The highest BCUT2D eigenvalue weighted by atomic mass is 28.5. The summed E-state index contributed by atoms with van der Waals surface area (Å²) in [7, 11) is -11.1. The standard InChI is InChI=1S/C14H38N2O6Si4/c1-11-15(12-2)17-26(18-16(13-3)14-4)21-24(7,8)19-23(5,6)20-25(9,10)22-26/h11-14H2,1-10H3. The highest BCUT2D eigenvalue weighted by molar-refractivity contribution is 6.90. The summed E-state index contributed by atoms with van der Waals surface area (Å²) in [5, 5.41) is 3.63. The van der Waals surface area contributed by atoms with E-state index >= 15 is 0 Å². The van der Waals surface area contributed by atoms with Crippen molar-refractivity contribution < 1.29 is 25.5 Å². The fourth-order valence-electron chi connectivity index (χ4n) is 2.98. The van der Waals surface area contributed by atoms with Crippen LogP contribution in [0.5, 0.6) is 0 Å². The zero-order valence-corrected chi connectivity index (χ0v) is 22.2. The second-order valence-electron chi connectivity index (χ2n) is 7.52. The molecule has 0 aromatic carbocycles. The van der Waals surface area contributed by atoms with Gasteiger partial charge in [-0.15, -0.1) is 0 Å². The number of nitrogens with zero attached hydrogens (tertiary/aromatic N) is 2. The molecule has 0 spiro atoms. The number of hydrogen-bond donors (Lipinski definition) is 0. The summed E-state index contributed by atoms with van der Waals surface area (Å²) in [6, 6.07) is 0. The molecule has 1 rings (SSSR count). The molecule has 1 heterocycles. The van der Waals surface area contributed by atoms with Crippen LogP contribution in [0.4, 0.5) is 0 Å². The zero-order chi connectivity index (χ0) is 20.2. The summed E-state index contributed by atoms with van der Waals surface area (Å²) >= 11 is 0. The Bertz CT molecular complexity index is 409. The predicted octanol–water partition coefficient (Wildman–Crippen LogP) is 3.15. The Labute approximate surface area is 163 Å². The van der Waals surface area contributed by atoms with E-state index in [1.54, 1.807) is 0 Å². The Morgan fingerprint density at radius 1 is 0.538 bits per heavy atom. The SMILES string of the molecule is CCN(CC)O[Si]1(ON(CC)CC)O[Si](C)(C)O[Si](C)(C)O[Si](C)(C)O1. The summed E-state index contributed by atoms with van der Waals surface area (Å²) in [6.07, 6.45) is 0. The maximum Gasteiger partial charge on any atom is 0.696 e. The smallest absolute Gasteiger partial charge is 0.416 e. The van der Waals surface area contributed by atoms with Crippen LogP contribution in [0.15, 0.2) is 0 Å². The molecule has 26 heavy (non-hydrogen) atoms. The molecule has 156 valence electrons. The molecular weight excluding hydrogens is 405 g/mol. The van der Waals surface area contributed by atoms with E-state index in [0.29, 0.717) is 26.2 Å². The maximum atomic E-state index is 6.50. The second-order valence-corrected chi connectivity index (χ2v) is 20.5. The van der Waals surface area contributed by atoms with Crippen molar-refractivity contribution in [2.45, 2.75) is 67.0 Å². The van der Waals surface area contributed by atoms with Crippen LogP contribution in [-0.2, 0) is 25.5 Å². The molecule has 8 nitrogen and oxygen atoms in total. The first-order valence-corrected chi connectivity index (χ1v) is 19.6. The molecule has 0 amide bonds. The molecule has 1 aliphatic heterocycles. The molecule has 12 heteroatoms. The van der Waals surface area contributed by atoms with Gasteiger partial charge in [-0.25, -0.2) is 0 Å². The Balaban J connectivity index is 3.32. The molecule has 1 aliphatic rings. The van der Waals surface area contributed by atoms with E-state index in [1.807, 2.05) is 77.1 Å². The van der Waals surface area contributed by atoms with Crippen LogP contribution < -0.4 is 0 Å². The van der Waals surface area contributed by atoms with Gasteiger partial charge >= 0.3 is 34.7 Å². The third-order valence-electron chi connectivity index (χ3n) is 3.62. The largest absolute Gasteiger partial charge is 0.696 e. The van der Waals surface area contributed by atoms with Crippen LogP contribution in [0.3, 0.4) is 0 Å². The van der Waals surface area contributed by atoms with Gasteiger partial charge in [-0.3, -0.25) is 9.05 Å². The molecule has 1 fully saturated rings. The van der Waals surface area contributed by atoms with E-state index in [0.717, 1.165) is 0 Å². The van der Waals surface area contributed by atoms with E-state index in [4.69, 9.17) is 25.5 Å². The third-order valence-corrected chi connectivity index (χ3v) is 18.4. The molecular formula is C14H38N2O6Si4. The molecule has 0 aromatic rings. The number of rotatable bonds is 8. The predicted molar refractivity (Wildman–Crippen MR) is 111 cm³/mol. The first-order valence-electron chi connectivity index (χ1n) is 9.50. The van der Waals surface area contributed by atoms with E-state index in [9.17, 15) is 0 Å². The van der Waals surface area contributed by atoms with Gasteiger partial charge in [0.1, 0.15) is 0 Å². The van der Waals surface area contributed by atoms with E-state index in [1.165, 1.54) is 0 Å². The average Bonchev–Trinajstić information content (AvgIpc) is 2.45. The van der Waals surface area contributed by atoms with Crippen molar-refractivity contribution in [3.05, 3.63) is 0 Å². The lowest BCUT2D eigenvalue weighted by Crippen LogP contribution is -2.70. The summed E-state index contributed by atoms with van der Waals surface area (Å²) in [4.78, 5) is 0.